The predicted octanol–water partition coefficient (Wildman–Crippen LogP) is 2.00. The van der Waals surface area contributed by atoms with Gasteiger partial charge in [-0.25, -0.2) is 0 Å². The third kappa shape index (κ3) is 3.19. The van der Waals surface area contributed by atoms with E-state index in [-0.39, 0.29) is 5.54 Å². The summed E-state index contributed by atoms with van der Waals surface area (Å²) in [6.07, 6.45) is 4.94. The van der Waals surface area contributed by atoms with Gasteiger partial charge in [-0.1, -0.05) is 13.8 Å². The second-order valence-corrected chi connectivity index (χ2v) is 5.05. The molecule has 3 heteroatoms. The van der Waals surface area contributed by atoms with E-state index in [0.29, 0.717) is 6.10 Å². The van der Waals surface area contributed by atoms with Gasteiger partial charge in [0.05, 0.1) is 6.10 Å². The summed E-state index contributed by atoms with van der Waals surface area (Å²) in [5.74, 6) is 0. The van der Waals surface area contributed by atoms with Crippen LogP contribution in [-0.4, -0.2) is 42.8 Å². The van der Waals surface area contributed by atoms with Gasteiger partial charge in [0.2, 0.25) is 0 Å². The van der Waals surface area contributed by atoms with Crippen LogP contribution in [0.25, 0.3) is 0 Å². The minimum atomic E-state index is 0.198. The zero-order valence-corrected chi connectivity index (χ0v) is 11.2. The van der Waals surface area contributed by atoms with Gasteiger partial charge in [-0.05, 0) is 45.7 Å². The Bertz CT molecular complexity index is 192. The van der Waals surface area contributed by atoms with Gasteiger partial charge in [-0.2, -0.15) is 0 Å². The molecule has 0 bridgehead atoms. The lowest BCUT2D eigenvalue weighted by molar-refractivity contribution is -0.0638. The maximum atomic E-state index is 6.06. The largest absolute Gasteiger partial charge is 0.378 e. The molecule has 0 aromatic carbocycles. The quantitative estimate of drug-likeness (QED) is 0.756. The van der Waals surface area contributed by atoms with E-state index in [9.17, 15) is 0 Å². The zero-order valence-electron chi connectivity index (χ0n) is 11.2. The van der Waals surface area contributed by atoms with Crippen molar-refractivity contribution in [3.63, 3.8) is 0 Å². The van der Waals surface area contributed by atoms with E-state index < -0.39 is 0 Å². The summed E-state index contributed by atoms with van der Waals surface area (Å²) in [5.41, 5.74) is 6.26. The van der Waals surface area contributed by atoms with Crippen LogP contribution in [0, 0.1) is 0 Å². The molecule has 1 rings (SSSR count). The second-order valence-electron chi connectivity index (χ2n) is 5.05. The van der Waals surface area contributed by atoms with Crippen LogP contribution in [0.15, 0.2) is 0 Å². The van der Waals surface area contributed by atoms with Crippen LogP contribution in [-0.2, 0) is 4.74 Å². The van der Waals surface area contributed by atoms with Gasteiger partial charge in [-0.3, -0.25) is 4.90 Å². The monoisotopic (exact) mass is 228 g/mol. The second kappa shape index (κ2) is 6.58. The highest BCUT2D eigenvalue weighted by molar-refractivity contribution is 4.95. The smallest absolute Gasteiger partial charge is 0.0565 e. The molecule has 0 aromatic rings. The Kier molecular flexibility index (Phi) is 5.73. The molecule has 1 heterocycles. The van der Waals surface area contributed by atoms with Crippen LogP contribution in [0.4, 0.5) is 0 Å². The summed E-state index contributed by atoms with van der Waals surface area (Å²) in [7, 11) is 0. The highest BCUT2D eigenvalue weighted by Crippen LogP contribution is 2.30. The molecule has 0 saturated carbocycles. The van der Waals surface area contributed by atoms with Crippen LogP contribution >= 0.6 is 0 Å². The first kappa shape index (κ1) is 13.9. The van der Waals surface area contributed by atoms with E-state index in [0.717, 1.165) is 39.1 Å². The van der Waals surface area contributed by atoms with E-state index in [1.54, 1.807) is 0 Å². The fraction of sp³-hybridized carbons (Fsp3) is 1.00. The molecule has 96 valence electrons. The van der Waals surface area contributed by atoms with Crippen LogP contribution in [0.3, 0.4) is 0 Å². The average Bonchev–Trinajstić information content (AvgIpc) is 2.28. The molecule has 2 unspecified atom stereocenters. The molecule has 1 aliphatic heterocycles. The van der Waals surface area contributed by atoms with Crippen molar-refractivity contribution in [3.8, 4) is 0 Å². The molecule has 1 aliphatic rings. The van der Waals surface area contributed by atoms with Crippen LogP contribution < -0.4 is 5.73 Å². The van der Waals surface area contributed by atoms with Crippen molar-refractivity contribution in [2.75, 3.05) is 26.2 Å². The van der Waals surface area contributed by atoms with Crippen molar-refractivity contribution >= 4 is 0 Å². The minimum absolute atomic E-state index is 0.198. The molecule has 0 amide bonds. The first-order chi connectivity index (χ1) is 7.68. The van der Waals surface area contributed by atoms with Crippen molar-refractivity contribution in [3.05, 3.63) is 0 Å². The maximum absolute atomic E-state index is 6.06. The Hall–Kier alpha value is -0.120. The lowest BCUT2D eigenvalue weighted by atomic mass is 9.84. The van der Waals surface area contributed by atoms with Gasteiger partial charge in [0.25, 0.3) is 0 Å². The van der Waals surface area contributed by atoms with Crippen molar-refractivity contribution < 1.29 is 4.74 Å². The molecule has 16 heavy (non-hydrogen) atoms. The number of nitrogens with zero attached hydrogens (tertiary/aromatic N) is 1. The Balaban J connectivity index is 2.72. The highest BCUT2D eigenvalue weighted by Gasteiger charge is 2.38. The number of hydrogen-bond donors (Lipinski definition) is 1. The lowest BCUT2D eigenvalue weighted by Crippen LogP contribution is -2.58. The van der Waals surface area contributed by atoms with Crippen molar-refractivity contribution in [1.29, 1.82) is 0 Å². The Morgan fingerprint density at radius 2 is 1.94 bits per heavy atom. The molecule has 1 saturated heterocycles. The number of nitrogens with two attached hydrogens (primary N) is 1. The predicted molar refractivity (Wildman–Crippen MR) is 68.6 cm³/mol. The topological polar surface area (TPSA) is 38.5 Å². The maximum Gasteiger partial charge on any atom is 0.0565 e. The molecular formula is C13H28N2O. The number of rotatable bonds is 6. The average molecular weight is 228 g/mol. The summed E-state index contributed by atoms with van der Waals surface area (Å²) in [4.78, 5) is 2.60. The fourth-order valence-corrected chi connectivity index (χ4v) is 2.87. The van der Waals surface area contributed by atoms with Crippen LogP contribution in [0.5, 0.6) is 0 Å². The van der Waals surface area contributed by atoms with E-state index in [1.807, 2.05) is 0 Å². The summed E-state index contributed by atoms with van der Waals surface area (Å²) in [6.45, 7) is 10.6. The Labute approximate surface area is 100 Å². The standard InChI is InChI=1S/C13H28N2O/c1-4-7-15(8-5-2)13(11-14)6-9-16-12(3)10-13/h12H,4-11,14H2,1-3H3. The first-order valence-electron chi connectivity index (χ1n) is 6.75. The van der Waals surface area contributed by atoms with Gasteiger partial charge in [0, 0.05) is 18.7 Å². The highest BCUT2D eigenvalue weighted by atomic mass is 16.5. The third-order valence-electron chi connectivity index (χ3n) is 3.68. The van der Waals surface area contributed by atoms with Crippen molar-refractivity contribution in [1.82, 2.24) is 4.90 Å². The van der Waals surface area contributed by atoms with Crippen LogP contribution in [0.1, 0.15) is 46.5 Å². The van der Waals surface area contributed by atoms with E-state index in [1.165, 1.54) is 12.8 Å². The fourth-order valence-electron chi connectivity index (χ4n) is 2.87. The van der Waals surface area contributed by atoms with Gasteiger partial charge in [-0.15, -0.1) is 0 Å². The van der Waals surface area contributed by atoms with Gasteiger partial charge in [0.1, 0.15) is 0 Å². The van der Waals surface area contributed by atoms with Crippen molar-refractivity contribution in [2.24, 2.45) is 5.73 Å². The molecule has 2 N–H and O–H groups in total. The third-order valence-corrected chi connectivity index (χ3v) is 3.68. The minimum Gasteiger partial charge on any atom is -0.378 e. The van der Waals surface area contributed by atoms with E-state index in [2.05, 4.69) is 25.7 Å². The Morgan fingerprint density at radius 1 is 1.31 bits per heavy atom. The molecule has 0 spiro atoms. The van der Waals surface area contributed by atoms with Gasteiger partial charge in [0.15, 0.2) is 0 Å². The van der Waals surface area contributed by atoms with E-state index >= 15 is 0 Å². The Morgan fingerprint density at radius 3 is 2.38 bits per heavy atom. The van der Waals surface area contributed by atoms with Crippen molar-refractivity contribution in [2.45, 2.75) is 58.1 Å². The molecule has 0 radical (unpaired) electrons. The molecule has 3 nitrogen and oxygen atoms in total. The summed E-state index contributed by atoms with van der Waals surface area (Å²) in [5, 5.41) is 0. The van der Waals surface area contributed by atoms with E-state index in [4.69, 9.17) is 10.5 Å². The normalized spacial score (nSPS) is 30.9. The summed E-state index contributed by atoms with van der Waals surface area (Å²) < 4.78 is 5.66. The lowest BCUT2D eigenvalue weighted by Gasteiger charge is -2.47. The van der Waals surface area contributed by atoms with Gasteiger partial charge >= 0.3 is 0 Å². The molecule has 1 fully saturated rings. The molecular weight excluding hydrogens is 200 g/mol. The van der Waals surface area contributed by atoms with Crippen LogP contribution in [0.2, 0.25) is 0 Å². The summed E-state index contributed by atoms with van der Waals surface area (Å²) >= 11 is 0. The molecule has 0 aromatic heterocycles. The molecule has 2 atom stereocenters. The number of ether oxygens (including phenoxy) is 1. The zero-order chi connectivity index (χ0) is 12.0. The van der Waals surface area contributed by atoms with Gasteiger partial charge < -0.3 is 10.5 Å². The first-order valence-corrected chi connectivity index (χ1v) is 6.75. The SMILES string of the molecule is CCCN(CCC)C1(CN)CCOC(C)C1. The molecule has 0 aliphatic carbocycles. The number of hydrogen-bond acceptors (Lipinski definition) is 3. The summed E-state index contributed by atoms with van der Waals surface area (Å²) in [6, 6.07) is 0.